The molecule has 1 saturated heterocycles. The van der Waals surface area contributed by atoms with Crippen molar-refractivity contribution in [2.75, 3.05) is 32.8 Å². The molecule has 0 atom stereocenters. The van der Waals surface area contributed by atoms with Gasteiger partial charge in [-0.25, -0.2) is 0 Å². The number of hydrogen-bond donors (Lipinski definition) is 0. The average molecular weight is 489 g/mol. The van der Waals surface area contributed by atoms with Crippen LogP contribution in [0.2, 0.25) is 0 Å². The lowest BCUT2D eigenvalue weighted by Gasteiger charge is -2.45. The van der Waals surface area contributed by atoms with E-state index in [2.05, 4.69) is 51.4 Å². The first-order chi connectivity index (χ1) is 17.6. The van der Waals surface area contributed by atoms with E-state index in [1.807, 2.05) is 24.2 Å². The Morgan fingerprint density at radius 3 is 2.61 bits per heavy atom. The molecule has 7 heteroatoms. The van der Waals surface area contributed by atoms with Crippen molar-refractivity contribution < 1.29 is 14.1 Å². The highest BCUT2D eigenvalue weighted by Gasteiger charge is 2.37. The quantitative estimate of drug-likeness (QED) is 0.522. The normalized spacial score (nSPS) is 19.1. The fourth-order valence-electron chi connectivity index (χ4n) is 5.69. The Morgan fingerprint density at radius 1 is 1.03 bits per heavy atom. The lowest BCUT2D eigenvalue weighted by atomic mass is 9.73. The van der Waals surface area contributed by atoms with Crippen LogP contribution in [0.4, 0.5) is 0 Å². The third-order valence-corrected chi connectivity index (χ3v) is 7.71. The molecule has 1 amide bonds. The predicted octanol–water partition coefficient (Wildman–Crippen LogP) is 4.91. The Morgan fingerprint density at radius 2 is 1.83 bits per heavy atom. The van der Waals surface area contributed by atoms with Gasteiger partial charge in [-0.2, -0.15) is 0 Å². The molecular formula is C29H36N4O3. The van der Waals surface area contributed by atoms with Gasteiger partial charge in [-0.05, 0) is 73.8 Å². The van der Waals surface area contributed by atoms with Crippen molar-refractivity contribution in [2.24, 2.45) is 5.41 Å². The summed E-state index contributed by atoms with van der Waals surface area (Å²) in [6.45, 7) is 6.73. The standard InChI is InChI=1S/C29H36N4O3/c1-23-20-26(31-36-23)28(34)33-16-12-29(13-17-33)11-5-4-7-25-6-2-3-8-27(25)35-19-18-32(22-29)21-24-9-14-30-15-10-24/h2-3,6,8-10,14-15,20H,4-5,7,11-13,16-19,21-22H2,1H3. The maximum absolute atomic E-state index is 13.0. The zero-order valence-electron chi connectivity index (χ0n) is 21.2. The molecule has 5 rings (SSSR count). The molecule has 190 valence electrons. The summed E-state index contributed by atoms with van der Waals surface area (Å²) in [7, 11) is 0. The Bertz CT molecular complexity index is 1140. The van der Waals surface area contributed by atoms with Gasteiger partial charge in [-0.15, -0.1) is 0 Å². The van der Waals surface area contributed by atoms with Gasteiger partial charge in [0, 0.05) is 51.2 Å². The molecule has 0 bridgehead atoms. The molecule has 2 aliphatic heterocycles. The van der Waals surface area contributed by atoms with Crippen molar-refractivity contribution in [3.8, 4) is 5.75 Å². The van der Waals surface area contributed by atoms with E-state index in [1.165, 1.54) is 24.0 Å². The minimum atomic E-state index is -0.0199. The Labute approximate surface area is 213 Å². The van der Waals surface area contributed by atoms with E-state index in [1.54, 1.807) is 6.07 Å². The Balaban J connectivity index is 1.32. The number of piperidine rings is 1. The molecule has 7 nitrogen and oxygen atoms in total. The van der Waals surface area contributed by atoms with E-state index in [9.17, 15) is 4.79 Å². The minimum Gasteiger partial charge on any atom is -0.492 e. The summed E-state index contributed by atoms with van der Waals surface area (Å²) in [5.74, 6) is 1.67. The molecule has 0 aliphatic carbocycles. The number of aryl methyl sites for hydroxylation is 2. The van der Waals surface area contributed by atoms with E-state index in [4.69, 9.17) is 9.26 Å². The molecule has 4 heterocycles. The second kappa shape index (κ2) is 11.2. The van der Waals surface area contributed by atoms with Gasteiger partial charge in [-0.1, -0.05) is 29.8 Å². The van der Waals surface area contributed by atoms with Crippen LogP contribution in [0.15, 0.2) is 59.4 Å². The van der Waals surface area contributed by atoms with Gasteiger partial charge in [-0.3, -0.25) is 14.7 Å². The van der Waals surface area contributed by atoms with E-state index >= 15 is 0 Å². The maximum Gasteiger partial charge on any atom is 0.276 e. The number of fused-ring (bicyclic) bond motifs is 1. The average Bonchev–Trinajstić information content (AvgIpc) is 3.33. The van der Waals surface area contributed by atoms with Crippen molar-refractivity contribution in [1.29, 1.82) is 0 Å². The number of para-hydroxylation sites is 1. The predicted molar refractivity (Wildman–Crippen MR) is 138 cm³/mol. The summed E-state index contributed by atoms with van der Waals surface area (Å²) >= 11 is 0. The molecule has 0 unspecified atom stereocenters. The molecule has 1 spiro atoms. The van der Waals surface area contributed by atoms with Gasteiger partial charge in [0.05, 0.1) is 0 Å². The molecule has 0 radical (unpaired) electrons. The first kappa shape index (κ1) is 24.5. The van der Waals surface area contributed by atoms with E-state index in [0.717, 1.165) is 64.2 Å². The van der Waals surface area contributed by atoms with Gasteiger partial charge in [0.2, 0.25) is 0 Å². The van der Waals surface area contributed by atoms with Crippen LogP contribution in [0.1, 0.15) is 59.5 Å². The number of rotatable bonds is 3. The monoisotopic (exact) mass is 488 g/mol. The summed E-state index contributed by atoms with van der Waals surface area (Å²) in [4.78, 5) is 21.7. The number of hydrogen-bond acceptors (Lipinski definition) is 6. The second-order valence-electron chi connectivity index (χ2n) is 10.3. The molecule has 1 fully saturated rings. The van der Waals surface area contributed by atoms with Crippen LogP contribution < -0.4 is 4.74 Å². The van der Waals surface area contributed by atoms with Crippen LogP contribution in [0.25, 0.3) is 0 Å². The van der Waals surface area contributed by atoms with Crippen molar-refractivity contribution in [2.45, 2.75) is 52.0 Å². The smallest absolute Gasteiger partial charge is 0.276 e. The first-order valence-electron chi connectivity index (χ1n) is 13.1. The van der Waals surface area contributed by atoms with Crippen molar-refractivity contribution in [1.82, 2.24) is 19.9 Å². The molecule has 0 saturated carbocycles. The fourth-order valence-corrected chi connectivity index (χ4v) is 5.69. The fraction of sp³-hybridized carbons (Fsp3) is 0.483. The van der Waals surface area contributed by atoms with Crippen LogP contribution in [-0.2, 0) is 13.0 Å². The highest BCUT2D eigenvalue weighted by atomic mass is 16.5. The number of aromatic nitrogens is 2. The molecule has 36 heavy (non-hydrogen) atoms. The van der Waals surface area contributed by atoms with Crippen molar-refractivity contribution >= 4 is 5.91 Å². The van der Waals surface area contributed by atoms with Gasteiger partial charge in [0.15, 0.2) is 5.69 Å². The number of pyridine rings is 1. The Kier molecular flexibility index (Phi) is 7.66. The SMILES string of the molecule is Cc1cc(C(=O)N2CCC3(CCCCc4ccccc4OCCN(Cc4ccncc4)C3)CC2)no1. The largest absolute Gasteiger partial charge is 0.492 e. The molecular weight excluding hydrogens is 452 g/mol. The summed E-state index contributed by atoms with van der Waals surface area (Å²) in [5, 5.41) is 3.95. The van der Waals surface area contributed by atoms with Crippen LogP contribution in [-0.4, -0.2) is 58.6 Å². The highest BCUT2D eigenvalue weighted by molar-refractivity contribution is 5.92. The van der Waals surface area contributed by atoms with Crippen molar-refractivity contribution in [3.05, 3.63) is 77.4 Å². The van der Waals surface area contributed by atoms with Crippen LogP contribution in [0.5, 0.6) is 5.75 Å². The number of amides is 1. The third kappa shape index (κ3) is 5.95. The van der Waals surface area contributed by atoms with E-state index < -0.39 is 0 Å². The minimum absolute atomic E-state index is 0.0199. The van der Waals surface area contributed by atoms with Gasteiger partial charge in [0.1, 0.15) is 18.1 Å². The summed E-state index contributed by atoms with van der Waals surface area (Å²) in [6.07, 6.45) is 10.3. The number of carbonyl (C=O) groups is 1. The number of ether oxygens (including phenoxy) is 1. The third-order valence-electron chi connectivity index (χ3n) is 7.71. The molecule has 3 aromatic rings. The van der Waals surface area contributed by atoms with Gasteiger partial charge in [0.25, 0.3) is 5.91 Å². The second-order valence-corrected chi connectivity index (χ2v) is 10.3. The summed E-state index contributed by atoms with van der Waals surface area (Å²) in [5.41, 5.74) is 3.16. The van der Waals surface area contributed by atoms with Crippen LogP contribution in [0.3, 0.4) is 0 Å². The lowest BCUT2D eigenvalue weighted by Crippen LogP contribution is -2.48. The zero-order valence-corrected chi connectivity index (χ0v) is 21.2. The number of benzene rings is 1. The Hall–Kier alpha value is -3.19. The van der Waals surface area contributed by atoms with Gasteiger partial charge < -0.3 is 14.2 Å². The number of nitrogens with zero attached hydrogens (tertiary/aromatic N) is 4. The van der Waals surface area contributed by atoms with E-state index in [0.29, 0.717) is 18.1 Å². The highest BCUT2D eigenvalue weighted by Crippen LogP contribution is 2.39. The summed E-state index contributed by atoms with van der Waals surface area (Å²) < 4.78 is 11.4. The van der Waals surface area contributed by atoms with E-state index in [-0.39, 0.29) is 11.3 Å². The first-order valence-corrected chi connectivity index (χ1v) is 13.1. The zero-order chi connectivity index (χ0) is 24.8. The number of carbonyl (C=O) groups excluding carboxylic acids is 1. The lowest BCUT2D eigenvalue weighted by molar-refractivity contribution is 0.0355. The topological polar surface area (TPSA) is 71.7 Å². The van der Waals surface area contributed by atoms with Gasteiger partial charge >= 0.3 is 0 Å². The molecule has 2 aliphatic rings. The number of likely N-dealkylation sites (tertiary alicyclic amines) is 1. The summed E-state index contributed by atoms with van der Waals surface area (Å²) in [6, 6.07) is 14.4. The molecule has 0 N–H and O–H groups in total. The molecule has 1 aromatic carbocycles. The van der Waals surface area contributed by atoms with Crippen molar-refractivity contribution in [3.63, 3.8) is 0 Å². The van der Waals surface area contributed by atoms with Crippen LogP contribution >= 0.6 is 0 Å². The molecule has 2 aromatic heterocycles. The maximum atomic E-state index is 13.0. The van der Waals surface area contributed by atoms with Crippen LogP contribution in [0, 0.1) is 12.3 Å².